The van der Waals surface area contributed by atoms with Gasteiger partial charge in [-0.1, -0.05) is 15.9 Å². The molecule has 1 heterocycles. The summed E-state index contributed by atoms with van der Waals surface area (Å²) in [5.74, 6) is -0.694. The van der Waals surface area contributed by atoms with Gasteiger partial charge in [0, 0.05) is 11.0 Å². The number of carbonyl (C=O) groups is 2. The lowest BCUT2D eigenvalue weighted by Gasteiger charge is -2.32. The molecule has 5 nitrogen and oxygen atoms in total. The number of ether oxygens (including phenoxy) is 1. The highest BCUT2D eigenvalue weighted by atomic mass is 79.9. The van der Waals surface area contributed by atoms with Crippen LogP contribution in [0.25, 0.3) is 0 Å². The first kappa shape index (κ1) is 16.3. The second-order valence-electron chi connectivity index (χ2n) is 4.80. The van der Waals surface area contributed by atoms with Gasteiger partial charge in [0.2, 0.25) is 0 Å². The number of amides is 1. The molecule has 2 rings (SSSR count). The summed E-state index contributed by atoms with van der Waals surface area (Å²) in [6.07, 6.45) is 2.17. The molecule has 21 heavy (non-hydrogen) atoms. The number of aliphatic carboxylic acids is 1. The second-order valence-corrected chi connectivity index (χ2v) is 6.57. The molecule has 1 amide bonds. The van der Waals surface area contributed by atoms with Gasteiger partial charge in [-0.3, -0.25) is 4.79 Å². The summed E-state index contributed by atoms with van der Waals surface area (Å²) in [4.78, 5) is 24.8. The average molecular weight is 421 g/mol. The molecule has 1 unspecified atom stereocenters. The first-order valence-corrected chi connectivity index (χ1v) is 8.18. The monoisotopic (exact) mass is 419 g/mol. The van der Waals surface area contributed by atoms with Crippen LogP contribution in [0.15, 0.2) is 27.1 Å². The third kappa shape index (κ3) is 4.20. The van der Waals surface area contributed by atoms with Crippen LogP contribution in [0.2, 0.25) is 0 Å². The lowest BCUT2D eigenvalue weighted by atomic mass is 10.0. The van der Waals surface area contributed by atoms with Crippen LogP contribution >= 0.6 is 31.9 Å². The van der Waals surface area contributed by atoms with Gasteiger partial charge in [0.25, 0.3) is 5.91 Å². The summed E-state index contributed by atoms with van der Waals surface area (Å²) in [7, 11) is 0. The maximum atomic E-state index is 12.2. The van der Waals surface area contributed by atoms with Crippen LogP contribution in [-0.4, -0.2) is 41.1 Å². The highest BCUT2D eigenvalue weighted by Crippen LogP contribution is 2.28. The second kappa shape index (κ2) is 7.26. The molecule has 1 aromatic rings. The fourth-order valence-electron chi connectivity index (χ4n) is 2.30. The van der Waals surface area contributed by atoms with Crippen LogP contribution in [0, 0.1) is 0 Å². The van der Waals surface area contributed by atoms with Crippen molar-refractivity contribution < 1.29 is 19.4 Å². The Bertz CT molecular complexity index is 550. The van der Waals surface area contributed by atoms with Crippen LogP contribution in [0.5, 0.6) is 5.75 Å². The number of hydrogen-bond acceptors (Lipinski definition) is 3. The van der Waals surface area contributed by atoms with E-state index in [1.165, 1.54) is 4.90 Å². The molecule has 0 bridgehead atoms. The zero-order valence-corrected chi connectivity index (χ0v) is 14.4. The lowest BCUT2D eigenvalue weighted by Crippen LogP contribution is -2.49. The van der Waals surface area contributed by atoms with E-state index in [4.69, 9.17) is 4.74 Å². The molecule has 0 saturated carbocycles. The number of halogens is 2. The number of likely N-dealkylation sites (tertiary alicyclic amines) is 1. The van der Waals surface area contributed by atoms with Gasteiger partial charge in [-0.05, 0) is 53.4 Å². The molecule has 7 heteroatoms. The van der Waals surface area contributed by atoms with Crippen LogP contribution < -0.4 is 4.74 Å². The molecule has 1 fully saturated rings. The van der Waals surface area contributed by atoms with Crippen molar-refractivity contribution >= 4 is 43.7 Å². The van der Waals surface area contributed by atoms with E-state index in [0.29, 0.717) is 18.7 Å². The highest BCUT2D eigenvalue weighted by Gasteiger charge is 2.31. The third-order valence-corrected chi connectivity index (χ3v) is 4.47. The predicted molar refractivity (Wildman–Crippen MR) is 84.3 cm³/mol. The summed E-state index contributed by atoms with van der Waals surface area (Å²) in [6.45, 7) is 0.310. The van der Waals surface area contributed by atoms with E-state index in [9.17, 15) is 14.7 Å². The number of benzene rings is 1. The van der Waals surface area contributed by atoms with Crippen molar-refractivity contribution in [1.29, 1.82) is 0 Å². The van der Waals surface area contributed by atoms with Crippen LogP contribution in [-0.2, 0) is 9.59 Å². The minimum Gasteiger partial charge on any atom is -0.483 e. The zero-order chi connectivity index (χ0) is 15.4. The van der Waals surface area contributed by atoms with Gasteiger partial charge in [-0.2, -0.15) is 0 Å². The Morgan fingerprint density at radius 1 is 1.33 bits per heavy atom. The smallest absolute Gasteiger partial charge is 0.326 e. The van der Waals surface area contributed by atoms with Crippen molar-refractivity contribution in [2.24, 2.45) is 0 Å². The number of rotatable bonds is 4. The molecular formula is C14H15Br2NO4. The number of hydrogen-bond donors (Lipinski definition) is 1. The molecule has 1 saturated heterocycles. The Morgan fingerprint density at radius 3 is 2.76 bits per heavy atom. The zero-order valence-electron chi connectivity index (χ0n) is 11.2. The van der Waals surface area contributed by atoms with Gasteiger partial charge in [0.15, 0.2) is 6.61 Å². The van der Waals surface area contributed by atoms with Gasteiger partial charge >= 0.3 is 5.97 Å². The number of carboxylic acids is 1. The highest BCUT2D eigenvalue weighted by molar-refractivity contribution is 9.11. The SMILES string of the molecule is O=C(O)C1CCCCN1C(=O)COc1ccc(Br)cc1Br. The van der Waals surface area contributed by atoms with Crippen molar-refractivity contribution in [2.75, 3.05) is 13.2 Å². The molecule has 1 aliphatic rings. The average Bonchev–Trinajstić information content (AvgIpc) is 2.46. The normalized spacial score (nSPS) is 18.4. The quantitative estimate of drug-likeness (QED) is 0.812. The van der Waals surface area contributed by atoms with Crippen LogP contribution in [0.3, 0.4) is 0 Å². The van der Waals surface area contributed by atoms with Gasteiger partial charge in [0.05, 0.1) is 4.47 Å². The Morgan fingerprint density at radius 2 is 2.10 bits per heavy atom. The number of carbonyl (C=O) groups excluding carboxylic acids is 1. The van der Waals surface area contributed by atoms with E-state index in [1.807, 2.05) is 12.1 Å². The number of carboxylic acid groups (broad SMARTS) is 1. The Balaban J connectivity index is 1.98. The van der Waals surface area contributed by atoms with Crippen molar-refractivity contribution in [3.63, 3.8) is 0 Å². The molecule has 0 aromatic heterocycles. The summed E-state index contributed by atoms with van der Waals surface area (Å²) in [6, 6.07) is 4.64. The minimum absolute atomic E-state index is 0.163. The van der Waals surface area contributed by atoms with E-state index in [-0.39, 0.29) is 12.5 Å². The topological polar surface area (TPSA) is 66.8 Å². The molecule has 1 N–H and O–H groups in total. The van der Waals surface area contributed by atoms with Gasteiger partial charge in [-0.25, -0.2) is 4.79 Å². The fourth-order valence-corrected chi connectivity index (χ4v) is 3.46. The van der Waals surface area contributed by atoms with Gasteiger partial charge in [0.1, 0.15) is 11.8 Å². The summed E-state index contributed by atoms with van der Waals surface area (Å²) >= 11 is 6.69. The molecule has 1 atom stereocenters. The number of piperidine rings is 1. The number of nitrogens with zero attached hydrogens (tertiary/aromatic N) is 1. The standard InChI is InChI=1S/C14H15Br2NO4/c15-9-4-5-12(10(16)7-9)21-8-13(18)17-6-2-1-3-11(17)14(19)20/h4-5,7,11H,1-3,6,8H2,(H,19,20). The van der Waals surface area contributed by atoms with Gasteiger partial charge in [-0.15, -0.1) is 0 Å². The van der Waals surface area contributed by atoms with Crippen molar-refractivity contribution in [1.82, 2.24) is 4.90 Å². The van der Waals surface area contributed by atoms with E-state index in [2.05, 4.69) is 31.9 Å². The summed E-state index contributed by atoms with van der Waals surface area (Å²) in [5.41, 5.74) is 0. The Labute approximate surface area is 139 Å². The molecule has 0 spiro atoms. The molecule has 114 valence electrons. The van der Waals surface area contributed by atoms with E-state index in [1.54, 1.807) is 6.07 Å². The Kier molecular flexibility index (Phi) is 5.64. The fraction of sp³-hybridized carbons (Fsp3) is 0.429. The first-order valence-electron chi connectivity index (χ1n) is 6.59. The van der Waals surface area contributed by atoms with Crippen molar-refractivity contribution in [2.45, 2.75) is 25.3 Å². The van der Waals surface area contributed by atoms with E-state index >= 15 is 0 Å². The lowest BCUT2D eigenvalue weighted by molar-refractivity contribution is -0.152. The van der Waals surface area contributed by atoms with E-state index < -0.39 is 12.0 Å². The minimum atomic E-state index is -0.951. The van der Waals surface area contributed by atoms with Crippen molar-refractivity contribution in [3.8, 4) is 5.75 Å². The van der Waals surface area contributed by atoms with Gasteiger partial charge < -0.3 is 14.7 Å². The summed E-state index contributed by atoms with van der Waals surface area (Å²) in [5, 5.41) is 9.17. The maximum Gasteiger partial charge on any atom is 0.326 e. The molecule has 0 radical (unpaired) electrons. The molecule has 1 aliphatic heterocycles. The maximum absolute atomic E-state index is 12.2. The third-order valence-electron chi connectivity index (χ3n) is 3.35. The Hall–Kier alpha value is -1.08. The van der Waals surface area contributed by atoms with Crippen LogP contribution in [0.4, 0.5) is 0 Å². The predicted octanol–water partition coefficient (Wildman–Crippen LogP) is 3.06. The van der Waals surface area contributed by atoms with Crippen LogP contribution in [0.1, 0.15) is 19.3 Å². The van der Waals surface area contributed by atoms with E-state index in [0.717, 1.165) is 21.8 Å². The molecule has 0 aliphatic carbocycles. The molecular weight excluding hydrogens is 406 g/mol. The largest absolute Gasteiger partial charge is 0.483 e. The van der Waals surface area contributed by atoms with Crippen molar-refractivity contribution in [3.05, 3.63) is 27.1 Å². The molecule has 1 aromatic carbocycles. The first-order chi connectivity index (χ1) is 9.99. The summed E-state index contributed by atoms with van der Waals surface area (Å²) < 4.78 is 7.12.